The van der Waals surface area contributed by atoms with Crippen molar-refractivity contribution >= 4 is 17.8 Å². The lowest BCUT2D eigenvalue weighted by Gasteiger charge is -2.35. The van der Waals surface area contributed by atoms with Crippen LogP contribution in [-0.2, 0) is 19.1 Å². The Bertz CT molecular complexity index is 410. The lowest BCUT2D eigenvalue weighted by molar-refractivity contribution is -0.149. The first-order valence-electron chi connectivity index (χ1n) is 8.48. The Hall–Kier alpha value is -1.63. The third-order valence-corrected chi connectivity index (χ3v) is 4.02. The summed E-state index contributed by atoms with van der Waals surface area (Å²) in [6, 6.07) is -0.627. The van der Waals surface area contributed by atoms with Gasteiger partial charge in [-0.2, -0.15) is 0 Å². The van der Waals surface area contributed by atoms with E-state index in [-0.39, 0.29) is 30.7 Å². The maximum Gasteiger partial charge on any atom is 0.307 e. The van der Waals surface area contributed by atoms with Gasteiger partial charge in [-0.15, -0.1) is 0 Å². The summed E-state index contributed by atoms with van der Waals surface area (Å²) in [4.78, 5) is 39.7. The van der Waals surface area contributed by atoms with E-state index in [9.17, 15) is 14.4 Å². The van der Waals surface area contributed by atoms with E-state index in [1.807, 2.05) is 20.8 Å². The summed E-state index contributed by atoms with van der Waals surface area (Å²) >= 11 is 0. The third-order valence-electron chi connectivity index (χ3n) is 4.02. The van der Waals surface area contributed by atoms with Crippen LogP contribution in [0.15, 0.2) is 0 Å². The molecule has 0 aliphatic carbocycles. The van der Waals surface area contributed by atoms with Crippen molar-refractivity contribution in [1.82, 2.24) is 15.1 Å². The number of amides is 2. The molecule has 1 N–H and O–H groups in total. The van der Waals surface area contributed by atoms with E-state index in [0.29, 0.717) is 32.8 Å². The highest BCUT2D eigenvalue weighted by Crippen LogP contribution is 2.11. The molecular formula is C16H29N3O4. The van der Waals surface area contributed by atoms with Gasteiger partial charge in [-0.3, -0.25) is 19.3 Å². The highest BCUT2D eigenvalue weighted by atomic mass is 16.5. The van der Waals surface area contributed by atoms with Crippen LogP contribution in [0.4, 0.5) is 0 Å². The fraction of sp³-hybridized carbons (Fsp3) is 0.812. The minimum Gasteiger partial charge on any atom is -0.466 e. The first kappa shape index (κ1) is 19.4. The van der Waals surface area contributed by atoms with Crippen LogP contribution in [-0.4, -0.2) is 73.0 Å². The van der Waals surface area contributed by atoms with Crippen molar-refractivity contribution < 1.29 is 19.1 Å². The van der Waals surface area contributed by atoms with E-state index in [2.05, 4.69) is 5.32 Å². The van der Waals surface area contributed by atoms with Crippen molar-refractivity contribution in [3.8, 4) is 0 Å². The largest absolute Gasteiger partial charge is 0.466 e. The van der Waals surface area contributed by atoms with Crippen LogP contribution in [0.5, 0.6) is 0 Å². The number of hydrogen-bond acceptors (Lipinski definition) is 5. The predicted molar refractivity (Wildman–Crippen MR) is 86.8 cm³/mol. The molecule has 0 aromatic carbocycles. The zero-order valence-electron chi connectivity index (χ0n) is 14.5. The molecule has 1 fully saturated rings. The number of unbranched alkanes of at least 4 members (excludes halogenated alkanes) is 1. The van der Waals surface area contributed by atoms with Crippen LogP contribution in [0.3, 0.4) is 0 Å². The zero-order chi connectivity index (χ0) is 17.2. The van der Waals surface area contributed by atoms with E-state index in [1.54, 1.807) is 9.80 Å². The Morgan fingerprint density at radius 2 is 2.00 bits per heavy atom. The SMILES string of the molecule is CCCCOC(=O)CC1C(=O)NCCN1CC(=O)N(CC)CC. The molecule has 23 heavy (non-hydrogen) atoms. The number of carbonyl (C=O) groups excluding carboxylic acids is 3. The number of carbonyl (C=O) groups is 3. The summed E-state index contributed by atoms with van der Waals surface area (Å²) in [5, 5.41) is 2.75. The van der Waals surface area contributed by atoms with Gasteiger partial charge in [-0.05, 0) is 20.3 Å². The molecule has 1 unspecified atom stereocenters. The molecular weight excluding hydrogens is 298 g/mol. The molecule has 1 atom stereocenters. The highest BCUT2D eigenvalue weighted by molar-refractivity contribution is 5.88. The number of likely N-dealkylation sites (N-methyl/N-ethyl adjacent to an activating group) is 1. The summed E-state index contributed by atoms with van der Waals surface area (Å²) < 4.78 is 5.14. The van der Waals surface area contributed by atoms with Crippen molar-refractivity contribution in [2.24, 2.45) is 0 Å². The normalized spacial score (nSPS) is 18.4. The van der Waals surface area contributed by atoms with Gasteiger partial charge in [-0.1, -0.05) is 13.3 Å². The van der Waals surface area contributed by atoms with Crippen LogP contribution in [0, 0.1) is 0 Å². The second kappa shape index (κ2) is 10.2. The molecule has 0 saturated carbocycles. The Labute approximate surface area is 138 Å². The van der Waals surface area contributed by atoms with Crippen molar-refractivity contribution in [3.63, 3.8) is 0 Å². The molecule has 1 heterocycles. The molecule has 0 aromatic rings. The number of nitrogens with zero attached hydrogens (tertiary/aromatic N) is 2. The summed E-state index contributed by atoms with van der Waals surface area (Å²) in [5.41, 5.74) is 0. The maximum absolute atomic E-state index is 12.3. The average molecular weight is 327 g/mol. The fourth-order valence-corrected chi connectivity index (χ4v) is 2.57. The molecule has 2 amide bonds. The summed E-state index contributed by atoms with van der Waals surface area (Å²) in [7, 11) is 0. The van der Waals surface area contributed by atoms with Gasteiger partial charge in [-0.25, -0.2) is 0 Å². The highest BCUT2D eigenvalue weighted by Gasteiger charge is 2.33. The van der Waals surface area contributed by atoms with Crippen LogP contribution in [0.2, 0.25) is 0 Å². The monoisotopic (exact) mass is 327 g/mol. The molecule has 7 heteroatoms. The minimum absolute atomic E-state index is 0.0128. The minimum atomic E-state index is -0.627. The number of ether oxygens (including phenoxy) is 1. The fourth-order valence-electron chi connectivity index (χ4n) is 2.57. The topological polar surface area (TPSA) is 79.0 Å². The van der Waals surface area contributed by atoms with Crippen LogP contribution < -0.4 is 5.32 Å². The number of nitrogens with one attached hydrogen (secondary N) is 1. The molecule has 0 spiro atoms. The molecule has 1 saturated heterocycles. The summed E-state index contributed by atoms with van der Waals surface area (Å²) in [6.45, 7) is 8.72. The van der Waals surface area contributed by atoms with Gasteiger partial charge in [0.1, 0.15) is 6.04 Å². The van der Waals surface area contributed by atoms with E-state index < -0.39 is 6.04 Å². The van der Waals surface area contributed by atoms with E-state index >= 15 is 0 Å². The first-order chi connectivity index (χ1) is 11.0. The smallest absolute Gasteiger partial charge is 0.307 e. The van der Waals surface area contributed by atoms with E-state index in [4.69, 9.17) is 4.74 Å². The van der Waals surface area contributed by atoms with Gasteiger partial charge in [0.2, 0.25) is 11.8 Å². The second-order valence-electron chi connectivity index (χ2n) is 5.62. The average Bonchev–Trinajstić information content (AvgIpc) is 2.52. The van der Waals surface area contributed by atoms with Crippen molar-refractivity contribution in [2.45, 2.75) is 46.1 Å². The van der Waals surface area contributed by atoms with Crippen molar-refractivity contribution in [3.05, 3.63) is 0 Å². The van der Waals surface area contributed by atoms with Gasteiger partial charge in [0.05, 0.1) is 19.6 Å². The molecule has 132 valence electrons. The number of piperazine rings is 1. The Morgan fingerprint density at radius 1 is 1.30 bits per heavy atom. The second-order valence-corrected chi connectivity index (χ2v) is 5.62. The maximum atomic E-state index is 12.3. The van der Waals surface area contributed by atoms with E-state index in [0.717, 1.165) is 12.8 Å². The predicted octanol–water partition coefficient (Wildman–Crippen LogP) is 0.389. The molecule has 1 aliphatic heterocycles. The number of esters is 1. The number of hydrogen-bond donors (Lipinski definition) is 1. The Kier molecular flexibility index (Phi) is 8.61. The zero-order valence-corrected chi connectivity index (χ0v) is 14.5. The molecule has 0 bridgehead atoms. The quantitative estimate of drug-likeness (QED) is 0.489. The lowest BCUT2D eigenvalue weighted by atomic mass is 10.1. The Morgan fingerprint density at radius 3 is 2.61 bits per heavy atom. The van der Waals surface area contributed by atoms with Crippen LogP contribution >= 0.6 is 0 Å². The molecule has 7 nitrogen and oxygen atoms in total. The lowest BCUT2D eigenvalue weighted by Crippen LogP contribution is -2.58. The van der Waals surface area contributed by atoms with Crippen molar-refractivity contribution in [1.29, 1.82) is 0 Å². The number of rotatable bonds is 9. The van der Waals surface area contributed by atoms with Crippen molar-refractivity contribution in [2.75, 3.05) is 39.3 Å². The molecule has 1 rings (SSSR count). The van der Waals surface area contributed by atoms with Gasteiger partial charge in [0.15, 0.2) is 0 Å². The van der Waals surface area contributed by atoms with Gasteiger partial charge >= 0.3 is 5.97 Å². The van der Waals surface area contributed by atoms with Gasteiger partial charge in [0.25, 0.3) is 0 Å². The molecule has 0 radical (unpaired) electrons. The standard InChI is InChI=1S/C16H29N3O4/c1-4-7-10-23-15(21)11-13-16(22)17-8-9-19(13)12-14(20)18(5-2)6-3/h13H,4-12H2,1-3H3,(H,17,22). The molecule has 0 aromatic heterocycles. The van der Waals surface area contributed by atoms with Crippen LogP contribution in [0.1, 0.15) is 40.0 Å². The summed E-state index contributed by atoms with van der Waals surface area (Å²) in [5.74, 6) is -0.620. The van der Waals surface area contributed by atoms with Crippen LogP contribution in [0.25, 0.3) is 0 Å². The third kappa shape index (κ3) is 6.17. The Balaban J connectivity index is 2.62. The van der Waals surface area contributed by atoms with E-state index in [1.165, 1.54) is 0 Å². The van der Waals surface area contributed by atoms with Gasteiger partial charge < -0.3 is 15.0 Å². The van der Waals surface area contributed by atoms with Gasteiger partial charge in [0, 0.05) is 26.2 Å². The summed E-state index contributed by atoms with van der Waals surface area (Å²) in [6.07, 6.45) is 1.75. The first-order valence-corrected chi connectivity index (χ1v) is 8.48. The molecule has 1 aliphatic rings.